The molecule has 0 N–H and O–H groups in total. The number of aromatic nitrogens is 1. The standard InChI is InChI=1S/C6H5N.Ti/c1-6-3-2-4-7-5-6;/h1-5H;. The van der Waals surface area contributed by atoms with Gasteiger partial charge in [-0.3, -0.25) is 0 Å². The normalized spacial score (nSPS) is 8.38. The van der Waals surface area contributed by atoms with Crippen LogP contribution in [0.4, 0.5) is 0 Å². The van der Waals surface area contributed by atoms with Gasteiger partial charge in [-0.1, -0.05) is 0 Å². The number of rotatable bonds is 1. The topological polar surface area (TPSA) is 12.9 Å². The minimum atomic E-state index is 1.17. The molecule has 0 aliphatic rings. The molecule has 0 fully saturated rings. The van der Waals surface area contributed by atoms with Gasteiger partial charge in [-0.2, -0.15) is 0 Å². The maximum atomic E-state index is 3.92. The average Bonchev–Trinajstić information content (AvgIpc) is 1.90. The summed E-state index contributed by atoms with van der Waals surface area (Å²) in [5, 5.41) is 0. The average molecular weight is 139 g/mol. The van der Waals surface area contributed by atoms with Crippen molar-refractivity contribution in [2.75, 3.05) is 0 Å². The van der Waals surface area contributed by atoms with Crippen molar-refractivity contribution in [1.82, 2.24) is 4.98 Å². The molecule has 1 aromatic rings. The van der Waals surface area contributed by atoms with Gasteiger partial charge in [-0.05, 0) is 0 Å². The summed E-state index contributed by atoms with van der Waals surface area (Å²) in [5.41, 5.74) is 1.17. The van der Waals surface area contributed by atoms with Gasteiger partial charge in [0.25, 0.3) is 0 Å². The summed E-state index contributed by atoms with van der Waals surface area (Å²) in [6, 6.07) is 3.95. The van der Waals surface area contributed by atoms with Gasteiger partial charge in [0.1, 0.15) is 0 Å². The van der Waals surface area contributed by atoms with E-state index in [-0.39, 0.29) is 0 Å². The molecule has 0 atom stereocenters. The van der Waals surface area contributed by atoms with Gasteiger partial charge in [0.2, 0.25) is 0 Å². The van der Waals surface area contributed by atoms with Gasteiger partial charge in [-0.15, -0.1) is 0 Å². The van der Waals surface area contributed by atoms with Crippen LogP contribution in [-0.4, -0.2) is 9.30 Å². The molecule has 0 unspecified atom stereocenters. The van der Waals surface area contributed by atoms with Crippen molar-refractivity contribution in [3.8, 4) is 0 Å². The van der Waals surface area contributed by atoms with E-state index < -0.39 is 0 Å². The van der Waals surface area contributed by atoms with E-state index in [0.717, 1.165) is 0 Å². The summed E-state index contributed by atoms with van der Waals surface area (Å²) >= 11 is 2.00. The van der Waals surface area contributed by atoms with E-state index in [2.05, 4.69) is 4.98 Å². The second-order valence-corrected chi connectivity index (χ2v) is 1.88. The molecule has 0 aromatic carbocycles. The third kappa shape index (κ3) is 1.36. The summed E-state index contributed by atoms with van der Waals surface area (Å²) in [7, 11) is 0. The summed E-state index contributed by atoms with van der Waals surface area (Å²) in [4.78, 5) is 3.92. The van der Waals surface area contributed by atoms with Gasteiger partial charge < -0.3 is 0 Å². The Morgan fingerprint density at radius 3 is 2.88 bits per heavy atom. The Hall–Kier alpha value is -0.266. The first-order chi connectivity index (χ1) is 3.93. The molecule has 0 amide bonds. The van der Waals surface area contributed by atoms with Gasteiger partial charge in [0, 0.05) is 0 Å². The third-order valence-corrected chi connectivity index (χ3v) is 1.37. The van der Waals surface area contributed by atoms with E-state index in [9.17, 15) is 0 Å². The molecule has 1 rings (SSSR count). The predicted molar refractivity (Wildman–Crippen MR) is 29.4 cm³/mol. The van der Waals surface area contributed by atoms with Crippen LogP contribution in [0.15, 0.2) is 24.5 Å². The first kappa shape index (κ1) is 5.86. The summed E-state index contributed by atoms with van der Waals surface area (Å²) in [6.45, 7) is 0. The fourth-order valence-electron chi connectivity index (χ4n) is 0.461. The van der Waals surface area contributed by atoms with Gasteiger partial charge in [0.05, 0.1) is 0 Å². The van der Waals surface area contributed by atoms with Crippen LogP contribution in [-0.2, 0) is 20.0 Å². The Morgan fingerprint density at radius 1 is 1.62 bits per heavy atom. The summed E-state index contributed by atoms with van der Waals surface area (Å²) < 4.78 is 2.02. The fourth-order valence-corrected chi connectivity index (χ4v) is 0.728. The molecule has 1 aromatic heterocycles. The molecule has 8 heavy (non-hydrogen) atoms. The second kappa shape index (κ2) is 2.90. The van der Waals surface area contributed by atoms with Crippen molar-refractivity contribution in [2.24, 2.45) is 0 Å². The maximum absolute atomic E-state index is 3.92. The monoisotopic (exact) mass is 139 g/mol. The van der Waals surface area contributed by atoms with E-state index in [1.165, 1.54) is 5.56 Å². The number of hydrogen-bond acceptors (Lipinski definition) is 1. The van der Waals surface area contributed by atoms with Crippen LogP contribution in [0.5, 0.6) is 0 Å². The van der Waals surface area contributed by atoms with E-state index in [1.54, 1.807) is 6.20 Å². The minimum absolute atomic E-state index is 1.17. The zero-order chi connectivity index (χ0) is 5.82. The zero-order valence-corrected chi connectivity index (χ0v) is 5.90. The fraction of sp³-hybridized carbons (Fsp3) is 0. The molecule has 2 heteroatoms. The molecule has 0 aliphatic heterocycles. The molecule has 1 nitrogen and oxygen atoms in total. The van der Waals surface area contributed by atoms with Crippen molar-refractivity contribution in [2.45, 2.75) is 0 Å². The summed E-state index contributed by atoms with van der Waals surface area (Å²) in [5.74, 6) is 0. The Kier molecular flexibility index (Phi) is 2.13. The Bertz CT molecular complexity index is 171. The molecule has 0 saturated heterocycles. The SMILES string of the molecule is [Ti]=[CH]c1cccnc1. The Morgan fingerprint density at radius 2 is 2.50 bits per heavy atom. The first-order valence-corrected chi connectivity index (χ1v) is 3.24. The van der Waals surface area contributed by atoms with Crippen molar-refractivity contribution < 1.29 is 20.0 Å². The van der Waals surface area contributed by atoms with E-state index in [0.29, 0.717) is 0 Å². The van der Waals surface area contributed by atoms with E-state index in [1.807, 2.05) is 42.6 Å². The van der Waals surface area contributed by atoms with Crippen LogP contribution in [0.3, 0.4) is 0 Å². The molecule has 0 radical (unpaired) electrons. The molecule has 0 aliphatic carbocycles. The zero-order valence-electron chi connectivity index (χ0n) is 4.33. The number of hydrogen-bond donors (Lipinski definition) is 0. The molecular formula is C6H5NTi. The molecule has 1 heterocycles. The number of nitrogens with zero attached hydrogens (tertiary/aromatic N) is 1. The van der Waals surface area contributed by atoms with Crippen molar-refractivity contribution in [3.63, 3.8) is 0 Å². The van der Waals surface area contributed by atoms with Gasteiger partial charge >= 0.3 is 59.4 Å². The molecule has 0 saturated carbocycles. The Balaban J connectivity index is 2.99. The van der Waals surface area contributed by atoms with Crippen LogP contribution >= 0.6 is 0 Å². The molecule has 0 spiro atoms. The van der Waals surface area contributed by atoms with Crippen LogP contribution < -0.4 is 0 Å². The first-order valence-electron chi connectivity index (χ1n) is 2.34. The van der Waals surface area contributed by atoms with Crippen LogP contribution in [0, 0.1) is 0 Å². The predicted octanol–water partition coefficient (Wildman–Crippen LogP) is 0.779. The van der Waals surface area contributed by atoms with Crippen molar-refractivity contribution >= 4 is 4.31 Å². The van der Waals surface area contributed by atoms with Gasteiger partial charge in [0.15, 0.2) is 0 Å². The van der Waals surface area contributed by atoms with Crippen LogP contribution in [0.2, 0.25) is 0 Å². The molecular weight excluding hydrogens is 134 g/mol. The van der Waals surface area contributed by atoms with Crippen molar-refractivity contribution in [3.05, 3.63) is 30.1 Å². The van der Waals surface area contributed by atoms with E-state index in [4.69, 9.17) is 0 Å². The van der Waals surface area contributed by atoms with Crippen molar-refractivity contribution in [1.29, 1.82) is 0 Å². The van der Waals surface area contributed by atoms with Gasteiger partial charge in [-0.25, -0.2) is 0 Å². The quantitative estimate of drug-likeness (QED) is 0.524. The Labute approximate surface area is 59.7 Å². The summed E-state index contributed by atoms with van der Waals surface area (Å²) in [6.07, 6.45) is 3.60. The van der Waals surface area contributed by atoms with Crippen LogP contribution in [0.1, 0.15) is 5.56 Å². The molecule has 0 bridgehead atoms. The second-order valence-electron chi connectivity index (χ2n) is 1.43. The third-order valence-electron chi connectivity index (χ3n) is 0.851. The van der Waals surface area contributed by atoms with E-state index >= 15 is 0 Å². The number of pyridine rings is 1. The molecule has 38 valence electrons. The van der Waals surface area contributed by atoms with Crippen LogP contribution in [0.25, 0.3) is 0 Å².